The zero-order valence-corrected chi connectivity index (χ0v) is 0. The Labute approximate surface area is 60.3 Å². The van der Waals surface area contributed by atoms with E-state index >= 15 is 0 Å². The van der Waals surface area contributed by atoms with Crippen LogP contribution >= 0.6 is 0 Å². The van der Waals surface area contributed by atoms with Crippen molar-refractivity contribution in [2.24, 2.45) is 0 Å². The van der Waals surface area contributed by atoms with Gasteiger partial charge in [-0.15, -0.1) is 0 Å². The first-order chi connectivity index (χ1) is 0. The van der Waals surface area contributed by atoms with Crippen LogP contribution in [-0.2, 0) is 0 Å². The molecule has 0 rings (SSSR count). The monoisotopic (exact) mass is 128 g/mol. The summed E-state index contributed by atoms with van der Waals surface area (Å²) < 4.78 is 0. The zero-order valence-electron chi connectivity index (χ0n) is 0. The first-order valence-corrected chi connectivity index (χ1v) is 0. The second kappa shape index (κ2) is 0. The molecule has 0 heterocycles. The largest absolute Gasteiger partial charge is 0.0776 e. The van der Waals surface area contributed by atoms with Crippen molar-refractivity contribution in [2.45, 2.75) is 59.4 Å². The van der Waals surface area contributed by atoms with E-state index in [1.807, 2.05) is 0 Å². The van der Waals surface area contributed by atoms with Crippen molar-refractivity contribution in [3.8, 4) is 0 Å². The predicted octanol–water partition coefficient (Wildman–Crippen LogP) is 5.09. The molecule has 0 radical (unpaired) electrons. The van der Waals surface area contributed by atoms with Gasteiger partial charge in [0.15, 0.2) is 0 Å². The van der Waals surface area contributed by atoms with Gasteiger partial charge in [-0.1, -0.05) is 59.4 Å². The van der Waals surface area contributed by atoms with Gasteiger partial charge in [0.05, 0.1) is 0 Å². The molecule has 0 fully saturated rings. The molecule has 0 aliphatic rings. The second-order valence-electron chi connectivity index (χ2n) is 0. The van der Waals surface area contributed by atoms with Crippen molar-refractivity contribution >= 4 is 0 Å². The van der Waals surface area contributed by atoms with Crippen molar-refractivity contribution in [3.05, 3.63) is 0 Å². The highest BCUT2D eigenvalue weighted by Crippen LogP contribution is 0.151. The van der Waals surface area contributed by atoms with Gasteiger partial charge in [-0.25, -0.2) is 0 Å². The molecule has 0 heteroatoms. The van der Waals surface area contributed by atoms with Crippen LogP contribution in [-0.4, -0.2) is 0 Å². The summed E-state index contributed by atoms with van der Waals surface area (Å²) in [5.41, 5.74) is 0. The molecule has 8 heavy (non-hydrogen) atoms. The fourth-order valence-electron chi connectivity index (χ4n) is 0. The lowest BCUT2D eigenvalue weighted by Gasteiger charge is -0.0786. The maximum absolute atomic E-state index is 0. The molecule has 0 aromatic carbocycles. The standard InChI is InChI=1S/8CH4/h8*1H4. The van der Waals surface area contributed by atoms with E-state index in [2.05, 4.69) is 0 Å². The van der Waals surface area contributed by atoms with E-state index < -0.39 is 0 Å². The molecular formula is C8H32. The Kier molecular flexibility index (Phi) is 0. The van der Waals surface area contributed by atoms with Gasteiger partial charge in [0, 0.05) is 0 Å². The highest BCUT2D eigenvalue weighted by molar-refractivity contribution is 2.51. The van der Waals surface area contributed by atoms with Crippen molar-refractivity contribution in [3.63, 3.8) is 0 Å². The van der Waals surface area contributed by atoms with Crippen LogP contribution in [0.15, 0.2) is 0 Å². The fraction of sp³-hybridized carbons (Fsp3) is 1.00. The summed E-state index contributed by atoms with van der Waals surface area (Å²) in [5.74, 6) is 0. The number of hydrogen-bond donors (Lipinski definition) is 0. The van der Waals surface area contributed by atoms with Crippen LogP contribution < -0.4 is 0 Å². The van der Waals surface area contributed by atoms with Gasteiger partial charge in [-0.3, -0.25) is 0 Å². The van der Waals surface area contributed by atoms with Crippen molar-refractivity contribution in [1.29, 1.82) is 0 Å². The van der Waals surface area contributed by atoms with Crippen LogP contribution in [0.2, 0.25) is 0 Å². The average molecular weight is 128 g/mol. The Hall–Kier alpha value is 0. The van der Waals surface area contributed by atoms with Crippen LogP contribution in [0.4, 0.5) is 0 Å². The predicted molar refractivity (Wildman–Crippen MR) is 53.8 cm³/mol. The Bertz CT molecular complexity index is 0. The molecule has 0 aliphatic heterocycles. The molecule has 0 atom stereocenters. The van der Waals surface area contributed by atoms with Gasteiger partial charge in [0.1, 0.15) is 0 Å². The quantitative estimate of drug-likeness (QED) is 0.426. The number of rotatable bonds is 0. The van der Waals surface area contributed by atoms with E-state index in [4.69, 9.17) is 0 Å². The van der Waals surface area contributed by atoms with Crippen LogP contribution in [0.5, 0.6) is 0 Å². The lowest BCUT2D eigenvalue weighted by atomic mass is 12.0. The lowest BCUT2D eigenvalue weighted by Crippen LogP contribution is 0.143. The summed E-state index contributed by atoms with van der Waals surface area (Å²) in [6, 6.07) is 0. The molecule has 0 saturated carbocycles. The molecule has 0 N–H and O–H groups in total. The third kappa shape index (κ3) is 0. The third-order valence-corrected chi connectivity index (χ3v) is 0. The highest BCUT2D eigenvalue weighted by Gasteiger charge is -0.0706. The minimum absolute atomic E-state index is 0. The third-order valence-electron chi connectivity index (χ3n) is 0. The van der Waals surface area contributed by atoms with Gasteiger partial charge in [-0.05, 0) is 0 Å². The van der Waals surface area contributed by atoms with Crippen molar-refractivity contribution in [2.75, 3.05) is 0 Å². The molecule has 64 valence electrons. The van der Waals surface area contributed by atoms with E-state index in [0.717, 1.165) is 0 Å². The smallest absolute Gasteiger partial charge is 0.0776 e. The summed E-state index contributed by atoms with van der Waals surface area (Å²) in [4.78, 5) is 0. The molecule has 0 aromatic rings. The molecule has 0 nitrogen and oxygen atoms in total. The molecule has 0 amide bonds. The SMILES string of the molecule is C.C.C.C.C.C.C.C. The molecule has 0 bridgehead atoms. The number of hydrogen-bond acceptors (Lipinski definition) is 0. The van der Waals surface area contributed by atoms with Crippen LogP contribution in [0.25, 0.3) is 0 Å². The van der Waals surface area contributed by atoms with Gasteiger partial charge < -0.3 is 0 Å². The van der Waals surface area contributed by atoms with Crippen LogP contribution in [0, 0.1) is 0 Å². The Morgan fingerprint density at radius 1 is 0.125 bits per heavy atom. The summed E-state index contributed by atoms with van der Waals surface area (Å²) in [7, 11) is 0. The maximum atomic E-state index is 0. The molecular weight excluding hydrogens is 96.1 g/mol. The van der Waals surface area contributed by atoms with E-state index in [1.54, 1.807) is 0 Å². The highest BCUT2D eigenvalue weighted by atomic mass is 12.0. The zero-order chi connectivity index (χ0) is 0. The summed E-state index contributed by atoms with van der Waals surface area (Å²) in [6.07, 6.45) is 0. The normalized spacial score (nSPS) is 0. The summed E-state index contributed by atoms with van der Waals surface area (Å²) in [6.45, 7) is 0. The molecule has 0 spiro atoms. The van der Waals surface area contributed by atoms with E-state index in [1.165, 1.54) is 0 Å². The van der Waals surface area contributed by atoms with Crippen molar-refractivity contribution in [1.82, 2.24) is 0 Å². The first kappa shape index (κ1) is 0. The Balaban J connectivity index is 0. The summed E-state index contributed by atoms with van der Waals surface area (Å²) in [5, 5.41) is 0. The van der Waals surface area contributed by atoms with Crippen LogP contribution in [0.3, 0.4) is 0 Å². The molecule has 0 aromatic heterocycles. The van der Waals surface area contributed by atoms with Gasteiger partial charge in [-0.2, -0.15) is 0 Å². The van der Waals surface area contributed by atoms with Gasteiger partial charge in [0.2, 0.25) is 0 Å². The Morgan fingerprint density at radius 3 is 0.125 bits per heavy atom. The fourth-order valence-corrected chi connectivity index (χ4v) is 0. The molecule has 0 unspecified atom stereocenters. The summed E-state index contributed by atoms with van der Waals surface area (Å²) >= 11 is 0. The topological polar surface area (TPSA) is 0 Å². The minimum atomic E-state index is 0. The van der Waals surface area contributed by atoms with E-state index in [0.29, 0.717) is 0 Å². The average Bonchev–Trinajstić information content (AvgIpc) is 0. The van der Waals surface area contributed by atoms with E-state index in [-0.39, 0.29) is 59.4 Å². The van der Waals surface area contributed by atoms with Gasteiger partial charge >= 0.3 is 0 Å². The van der Waals surface area contributed by atoms with Crippen LogP contribution in [0.1, 0.15) is 59.4 Å². The first-order valence-electron chi connectivity index (χ1n) is 0. The minimum Gasteiger partial charge on any atom is -0.0776 e. The maximum Gasteiger partial charge on any atom is -0.0776 e. The Morgan fingerprint density at radius 2 is 0.125 bits per heavy atom. The van der Waals surface area contributed by atoms with Gasteiger partial charge in [0.25, 0.3) is 0 Å². The lowest BCUT2D eigenvalue weighted by molar-refractivity contribution is 2.50. The van der Waals surface area contributed by atoms with E-state index in [9.17, 15) is 0 Å². The molecule has 0 saturated heterocycles. The molecule has 0 aliphatic carbocycles. The second-order valence-corrected chi connectivity index (χ2v) is 0. The van der Waals surface area contributed by atoms with Crippen molar-refractivity contribution < 1.29 is 0 Å².